The maximum Gasteiger partial charge on any atom is 0.319 e. The first kappa shape index (κ1) is 27.9. The Kier molecular flexibility index (Phi) is 9.35. The lowest BCUT2D eigenvalue weighted by atomic mass is 10.1. The highest BCUT2D eigenvalue weighted by Gasteiger charge is 2.21. The highest BCUT2D eigenvalue weighted by molar-refractivity contribution is 7.92. The molecule has 4 aromatic rings. The van der Waals surface area contributed by atoms with Crippen LogP contribution in [0.4, 0.5) is 16.2 Å². The fourth-order valence-electron chi connectivity index (χ4n) is 3.82. The van der Waals surface area contributed by atoms with Gasteiger partial charge in [0.15, 0.2) is 0 Å². The second-order valence-electron chi connectivity index (χ2n) is 8.96. The van der Waals surface area contributed by atoms with Crippen LogP contribution in [0, 0.1) is 6.92 Å². The van der Waals surface area contributed by atoms with E-state index in [1.807, 2.05) is 54.8 Å². The number of hydrogen-bond donors (Lipinski definition) is 4. The molecule has 4 rings (SSSR count). The Hall–Kier alpha value is -4.15. The molecule has 202 valence electrons. The summed E-state index contributed by atoms with van der Waals surface area (Å²) in [6, 6.07) is 25.0. The normalized spacial score (nSPS) is 11.8. The molecule has 0 aliphatic rings. The molecule has 0 saturated heterocycles. The van der Waals surface area contributed by atoms with Crippen molar-refractivity contribution in [2.24, 2.45) is 0 Å². The molecular formula is C29H30N4O4S2. The van der Waals surface area contributed by atoms with E-state index < -0.39 is 22.1 Å². The van der Waals surface area contributed by atoms with Crippen molar-refractivity contribution in [1.82, 2.24) is 10.6 Å². The molecule has 0 aliphatic heterocycles. The minimum atomic E-state index is -3.74. The summed E-state index contributed by atoms with van der Waals surface area (Å²) in [5.74, 6) is -0.272. The van der Waals surface area contributed by atoms with Crippen LogP contribution in [-0.4, -0.2) is 32.9 Å². The molecule has 0 aliphatic carbocycles. The Bertz CT molecular complexity index is 1470. The number of hydrogen-bond acceptors (Lipinski definition) is 5. The minimum absolute atomic E-state index is 0.160. The van der Waals surface area contributed by atoms with Crippen molar-refractivity contribution in [3.05, 3.63) is 112 Å². The van der Waals surface area contributed by atoms with Crippen molar-refractivity contribution in [2.75, 3.05) is 16.6 Å². The zero-order valence-electron chi connectivity index (χ0n) is 21.4. The van der Waals surface area contributed by atoms with E-state index in [4.69, 9.17) is 0 Å². The first-order valence-electron chi connectivity index (χ1n) is 12.4. The van der Waals surface area contributed by atoms with Gasteiger partial charge in [-0.15, -0.1) is 11.3 Å². The largest absolute Gasteiger partial charge is 0.354 e. The molecule has 0 saturated carbocycles. The number of aryl methyl sites for hydroxylation is 1. The molecule has 1 heterocycles. The van der Waals surface area contributed by atoms with Crippen molar-refractivity contribution < 1.29 is 18.0 Å². The molecule has 1 atom stereocenters. The summed E-state index contributed by atoms with van der Waals surface area (Å²) in [6.45, 7) is 2.35. The Morgan fingerprint density at radius 1 is 0.846 bits per heavy atom. The fourth-order valence-corrected chi connectivity index (χ4v) is 5.59. The van der Waals surface area contributed by atoms with Gasteiger partial charge in [-0.25, -0.2) is 13.2 Å². The summed E-state index contributed by atoms with van der Waals surface area (Å²) >= 11 is 1.63. The highest BCUT2D eigenvalue weighted by atomic mass is 32.2. The Labute approximate surface area is 232 Å². The predicted octanol–water partition coefficient (Wildman–Crippen LogP) is 4.95. The van der Waals surface area contributed by atoms with Crippen LogP contribution in [0.2, 0.25) is 0 Å². The highest BCUT2D eigenvalue weighted by Crippen LogP contribution is 2.19. The van der Waals surface area contributed by atoms with Crippen molar-refractivity contribution in [3.63, 3.8) is 0 Å². The third-order valence-electron chi connectivity index (χ3n) is 5.88. The van der Waals surface area contributed by atoms with E-state index >= 15 is 0 Å². The molecule has 0 bridgehead atoms. The fraction of sp³-hybridized carbons (Fsp3) is 0.172. The smallest absolute Gasteiger partial charge is 0.319 e. The van der Waals surface area contributed by atoms with Crippen molar-refractivity contribution >= 4 is 44.7 Å². The third-order valence-corrected chi connectivity index (χ3v) is 8.21. The summed E-state index contributed by atoms with van der Waals surface area (Å²) in [5, 5.41) is 10.4. The summed E-state index contributed by atoms with van der Waals surface area (Å²) in [4.78, 5) is 27.1. The number of nitrogens with one attached hydrogen (secondary N) is 4. The first-order chi connectivity index (χ1) is 18.8. The lowest BCUT2D eigenvalue weighted by molar-refractivity contribution is -0.122. The van der Waals surface area contributed by atoms with Crippen LogP contribution in [0.5, 0.6) is 0 Å². The number of urea groups is 1. The van der Waals surface area contributed by atoms with Gasteiger partial charge in [0.2, 0.25) is 5.91 Å². The van der Waals surface area contributed by atoms with Crippen LogP contribution in [0.25, 0.3) is 0 Å². The molecule has 0 fully saturated rings. The molecule has 39 heavy (non-hydrogen) atoms. The standard InChI is InChI=1S/C29H30N4O4S2/c1-21-9-15-26(16-10-21)39(36,37)33-24-13-11-23(12-14-24)31-29(35)32-27(20-22-6-3-2-4-7-22)28(34)30-18-17-25-8-5-19-38-25/h2-16,19,27,33H,17-18,20H2,1H3,(H,30,34)(H2,31,32,35)/t27-/m1/s1. The lowest BCUT2D eigenvalue weighted by Crippen LogP contribution is -2.49. The second kappa shape index (κ2) is 13.1. The first-order valence-corrected chi connectivity index (χ1v) is 14.8. The van der Waals surface area contributed by atoms with Crippen LogP contribution in [0.1, 0.15) is 16.0 Å². The van der Waals surface area contributed by atoms with Gasteiger partial charge in [-0.3, -0.25) is 9.52 Å². The van der Waals surface area contributed by atoms with E-state index in [9.17, 15) is 18.0 Å². The van der Waals surface area contributed by atoms with E-state index in [-0.39, 0.29) is 10.8 Å². The molecular weight excluding hydrogens is 532 g/mol. The molecule has 10 heteroatoms. The van der Waals surface area contributed by atoms with E-state index in [1.165, 1.54) is 4.88 Å². The van der Waals surface area contributed by atoms with Crippen molar-refractivity contribution in [3.8, 4) is 0 Å². The van der Waals surface area contributed by atoms with Crippen LogP contribution in [0.15, 0.2) is 101 Å². The molecule has 0 spiro atoms. The van der Waals surface area contributed by atoms with Gasteiger partial charge >= 0.3 is 6.03 Å². The van der Waals surface area contributed by atoms with Gasteiger partial charge in [0.25, 0.3) is 10.0 Å². The van der Waals surface area contributed by atoms with Crippen molar-refractivity contribution in [1.29, 1.82) is 0 Å². The topological polar surface area (TPSA) is 116 Å². The van der Waals surface area contributed by atoms with Crippen molar-refractivity contribution in [2.45, 2.75) is 30.7 Å². The van der Waals surface area contributed by atoms with Gasteiger partial charge in [0.1, 0.15) is 6.04 Å². The molecule has 0 radical (unpaired) electrons. The van der Waals surface area contributed by atoms with Gasteiger partial charge < -0.3 is 16.0 Å². The summed E-state index contributed by atoms with van der Waals surface area (Å²) < 4.78 is 27.8. The molecule has 1 aromatic heterocycles. The quantitative estimate of drug-likeness (QED) is 0.207. The lowest BCUT2D eigenvalue weighted by Gasteiger charge is -2.19. The van der Waals surface area contributed by atoms with E-state index in [0.717, 1.165) is 11.1 Å². The van der Waals surface area contributed by atoms with Crippen LogP contribution in [0.3, 0.4) is 0 Å². The number of amides is 3. The SMILES string of the molecule is Cc1ccc(S(=O)(=O)Nc2ccc(NC(=O)N[C@H](Cc3ccccc3)C(=O)NCCc3cccs3)cc2)cc1. The number of carbonyl (C=O) groups excluding carboxylic acids is 2. The molecule has 3 aromatic carbocycles. The zero-order chi connectivity index (χ0) is 27.7. The molecule has 8 nitrogen and oxygen atoms in total. The average molecular weight is 563 g/mol. The monoisotopic (exact) mass is 562 g/mol. The van der Waals surface area contributed by atoms with Crippen LogP contribution >= 0.6 is 11.3 Å². The molecule has 3 amide bonds. The summed E-state index contributed by atoms with van der Waals surface area (Å²) in [6.07, 6.45) is 1.05. The predicted molar refractivity (Wildman–Crippen MR) is 156 cm³/mol. The number of sulfonamides is 1. The van der Waals surface area contributed by atoms with E-state index in [1.54, 1.807) is 59.9 Å². The van der Waals surface area contributed by atoms with Crippen LogP contribution < -0.4 is 20.7 Å². The maximum absolute atomic E-state index is 13.0. The van der Waals surface area contributed by atoms with Crippen LogP contribution in [-0.2, 0) is 27.7 Å². The molecule has 4 N–H and O–H groups in total. The number of rotatable bonds is 11. The Morgan fingerprint density at radius 3 is 2.21 bits per heavy atom. The second-order valence-corrected chi connectivity index (χ2v) is 11.7. The van der Waals surface area contributed by atoms with Gasteiger partial charge in [0, 0.05) is 29.2 Å². The maximum atomic E-state index is 13.0. The van der Waals surface area contributed by atoms with E-state index in [2.05, 4.69) is 20.7 Å². The summed E-state index contributed by atoms with van der Waals surface area (Å²) in [5.41, 5.74) is 2.68. The van der Waals surface area contributed by atoms with E-state index in [0.29, 0.717) is 30.8 Å². The van der Waals surface area contributed by atoms with Gasteiger partial charge in [-0.1, -0.05) is 54.1 Å². The number of thiophene rings is 1. The van der Waals surface area contributed by atoms with Gasteiger partial charge in [0.05, 0.1) is 4.90 Å². The third kappa shape index (κ3) is 8.42. The summed E-state index contributed by atoms with van der Waals surface area (Å²) in [7, 11) is -3.74. The van der Waals surface area contributed by atoms with Gasteiger partial charge in [-0.05, 0) is 66.8 Å². The Morgan fingerprint density at radius 2 is 1.54 bits per heavy atom. The van der Waals surface area contributed by atoms with Gasteiger partial charge in [-0.2, -0.15) is 0 Å². The minimum Gasteiger partial charge on any atom is -0.354 e. The number of anilines is 2. The Balaban J connectivity index is 1.35. The molecule has 0 unspecified atom stereocenters. The number of benzene rings is 3. The zero-order valence-corrected chi connectivity index (χ0v) is 23.0. The average Bonchev–Trinajstić information content (AvgIpc) is 3.44. The number of carbonyl (C=O) groups is 2.